The lowest BCUT2D eigenvalue weighted by Crippen LogP contribution is -2.56. The average molecular weight is 160 g/mol. The minimum Gasteiger partial charge on any atom is -0.382 e. The van der Waals surface area contributed by atoms with Crippen molar-refractivity contribution in [2.45, 2.75) is 19.4 Å². The van der Waals surface area contributed by atoms with Crippen LogP contribution >= 0.6 is 0 Å². The molecule has 0 heterocycles. The third-order valence-electron chi connectivity index (χ3n) is 1.54. The van der Waals surface area contributed by atoms with Gasteiger partial charge in [0.25, 0.3) is 0 Å². The van der Waals surface area contributed by atoms with E-state index in [4.69, 9.17) is 10.5 Å². The molecule has 66 valence electrons. The van der Waals surface area contributed by atoms with Gasteiger partial charge in [-0.05, 0) is 13.5 Å². The van der Waals surface area contributed by atoms with Crippen LogP contribution in [0.3, 0.4) is 0 Å². The third-order valence-corrected chi connectivity index (χ3v) is 1.54. The first kappa shape index (κ1) is 10.4. The number of rotatable bonds is 5. The van der Waals surface area contributed by atoms with E-state index in [1.54, 1.807) is 14.0 Å². The molecule has 0 aromatic heterocycles. The van der Waals surface area contributed by atoms with Crippen LogP contribution in [0.4, 0.5) is 0 Å². The third kappa shape index (κ3) is 2.86. The molecule has 0 bridgehead atoms. The first-order valence-corrected chi connectivity index (χ1v) is 3.60. The topological polar surface area (TPSA) is 64.3 Å². The summed E-state index contributed by atoms with van der Waals surface area (Å²) in [4.78, 5) is 10.9. The minimum absolute atomic E-state index is 0.302. The second-order valence-electron chi connectivity index (χ2n) is 2.66. The molecule has 0 aromatic rings. The van der Waals surface area contributed by atoms with E-state index in [2.05, 4.69) is 5.32 Å². The van der Waals surface area contributed by atoms with E-state index in [1.165, 1.54) is 0 Å². The molecule has 3 N–H and O–H groups in total. The summed E-state index contributed by atoms with van der Waals surface area (Å²) in [5.41, 5.74) is 4.43. The van der Waals surface area contributed by atoms with Crippen LogP contribution in [-0.2, 0) is 9.53 Å². The number of carbonyl (C=O) groups excluding carboxylic acids is 1. The Labute approximate surface area is 67.1 Å². The van der Waals surface area contributed by atoms with Crippen molar-refractivity contribution in [2.24, 2.45) is 5.73 Å². The summed E-state index contributed by atoms with van der Waals surface area (Å²) in [7, 11) is 1.54. The summed E-state index contributed by atoms with van der Waals surface area (Å²) in [5, 5.41) is 2.96. The van der Waals surface area contributed by atoms with Crippen LogP contribution in [0.25, 0.3) is 0 Å². The summed E-state index contributed by atoms with van der Waals surface area (Å²) < 4.78 is 4.86. The van der Waals surface area contributed by atoms with E-state index in [-0.39, 0.29) is 5.91 Å². The maximum absolute atomic E-state index is 10.9. The van der Waals surface area contributed by atoms with Gasteiger partial charge in [-0.25, -0.2) is 0 Å². The van der Waals surface area contributed by atoms with E-state index < -0.39 is 5.54 Å². The number of amides is 1. The van der Waals surface area contributed by atoms with Crippen molar-refractivity contribution in [2.75, 3.05) is 20.3 Å². The van der Waals surface area contributed by atoms with E-state index in [9.17, 15) is 4.79 Å². The lowest BCUT2D eigenvalue weighted by atomic mass is 10.0. The number of hydrogen-bond acceptors (Lipinski definition) is 3. The molecule has 11 heavy (non-hydrogen) atoms. The van der Waals surface area contributed by atoms with E-state index in [1.807, 2.05) is 6.92 Å². The molecule has 1 unspecified atom stereocenters. The summed E-state index contributed by atoms with van der Waals surface area (Å²) in [5.74, 6) is -0.388. The fourth-order valence-corrected chi connectivity index (χ4v) is 0.888. The summed E-state index contributed by atoms with van der Waals surface area (Å²) in [6.45, 7) is 4.64. The summed E-state index contributed by atoms with van der Waals surface area (Å²) >= 11 is 0. The molecule has 0 aliphatic heterocycles. The van der Waals surface area contributed by atoms with Crippen LogP contribution in [0.15, 0.2) is 0 Å². The molecule has 0 aliphatic carbocycles. The van der Waals surface area contributed by atoms with Crippen LogP contribution in [0.5, 0.6) is 0 Å². The highest BCUT2D eigenvalue weighted by atomic mass is 16.5. The Balaban J connectivity index is 4.13. The lowest BCUT2D eigenvalue weighted by molar-refractivity contribution is -0.125. The summed E-state index contributed by atoms with van der Waals surface area (Å²) in [6.07, 6.45) is 0. The predicted octanol–water partition coefficient (Wildman–Crippen LogP) is -0.514. The lowest BCUT2D eigenvalue weighted by Gasteiger charge is -2.25. The first-order chi connectivity index (χ1) is 5.06. The van der Waals surface area contributed by atoms with E-state index in [0.29, 0.717) is 13.2 Å². The van der Waals surface area contributed by atoms with Gasteiger partial charge in [-0.15, -0.1) is 0 Å². The van der Waals surface area contributed by atoms with Crippen molar-refractivity contribution in [1.82, 2.24) is 5.32 Å². The second-order valence-corrected chi connectivity index (χ2v) is 2.66. The molecular formula is C7H16N2O2. The standard InChI is InChI=1S/C7H16N2O2/c1-4-9-7(2,5-11-3)6(8)10/h9H,4-5H2,1-3H3,(H2,8,10). The highest BCUT2D eigenvalue weighted by molar-refractivity contribution is 5.84. The van der Waals surface area contributed by atoms with E-state index in [0.717, 1.165) is 0 Å². The molecule has 0 radical (unpaired) electrons. The Morgan fingerprint density at radius 2 is 2.27 bits per heavy atom. The summed E-state index contributed by atoms with van der Waals surface area (Å²) in [6, 6.07) is 0. The number of ether oxygens (including phenoxy) is 1. The van der Waals surface area contributed by atoms with Crippen LogP contribution < -0.4 is 11.1 Å². The number of nitrogens with two attached hydrogens (primary N) is 1. The highest BCUT2D eigenvalue weighted by Gasteiger charge is 2.29. The van der Waals surface area contributed by atoms with Crippen LogP contribution in [0, 0.1) is 0 Å². The predicted molar refractivity (Wildman–Crippen MR) is 43.2 cm³/mol. The van der Waals surface area contributed by atoms with Crippen LogP contribution in [0.1, 0.15) is 13.8 Å². The number of primary amides is 1. The van der Waals surface area contributed by atoms with Crippen molar-refractivity contribution < 1.29 is 9.53 Å². The fraction of sp³-hybridized carbons (Fsp3) is 0.857. The Morgan fingerprint density at radius 1 is 1.73 bits per heavy atom. The molecule has 1 atom stereocenters. The maximum Gasteiger partial charge on any atom is 0.239 e. The van der Waals surface area contributed by atoms with Gasteiger partial charge < -0.3 is 15.8 Å². The Kier molecular flexibility index (Phi) is 4.07. The van der Waals surface area contributed by atoms with Crippen molar-refractivity contribution in [1.29, 1.82) is 0 Å². The fourth-order valence-electron chi connectivity index (χ4n) is 0.888. The van der Waals surface area contributed by atoms with Crippen molar-refractivity contribution in [3.05, 3.63) is 0 Å². The zero-order valence-corrected chi connectivity index (χ0v) is 7.31. The van der Waals surface area contributed by atoms with E-state index >= 15 is 0 Å². The molecule has 1 amide bonds. The van der Waals surface area contributed by atoms with Crippen LogP contribution in [0.2, 0.25) is 0 Å². The molecule has 0 saturated carbocycles. The van der Waals surface area contributed by atoms with Crippen molar-refractivity contribution in [3.8, 4) is 0 Å². The molecule has 0 spiro atoms. The quantitative estimate of drug-likeness (QED) is 0.569. The molecule has 0 fully saturated rings. The van der Waals surface area contributed by atoms with Crippen molar-refractivity contribution in [3.63, 3.8) is 0 Å². The molecule has 4 heteroatoms. The normalized spacial score (nSPS) is 15.9. The molecule has 0 rings (SSSR count). The second kappa shape index (κ2) is 4.31. The zero-order chi connectivity index (χ0) is 8.91. The largest absolute Gasteiger partial charge is 0.382 e. The maximum atomic E-state index is 10.9. The molecular weight excluding hydrogens is 144 g/mol. The monoisotopic (exact) mass is 160 g/mol. The number of hydrogen-bond donors (Lipinski definition) is 2. The van der Waals surface area contributed by atoms with Gasteiger partial charge in [0.15, 0.2) is 0 Å². The number of nitrogens with one attached hydrogen (secondary N) is 1. The smallest absolute Gasteiger partial charge is 0.239 e. The molecule has 4 nitrogen and oxygen atoms in total. The number of methoxy groups -OCH3 is 1. The molecule has 0 aliphatic rings. The molecule has 0 saturated heterocycles. The van der Waals surface area contributed by atoms with Gasteiger partial charge in [-0.3, -0.25) is 4.79 Å². The van der Waals surface area contributed by atoms with Gasteiger partial charge in [-0.2, -0.15) is 0 Å². The van der Waals surface area contributed by atoms with Gasteiger partial charge in [-0.1, -0.05) is 6.92 Å². The van der Waals surface area contributed by atoms with Gasteiger partial charge in [0.2, 0.25) is 5.91 Å². The van der Waals surface area contributed by atoms with Gasteiger partial charge >= 0.3 is 0 Å². The first-order valence-electron chi connectivity index (χ1n) is 3.60. The number of likely N-dealkylation sites (N-methyl/N-ethyl adjacent to an activating group) is 1. The van der Waals surface area contributed by atoms with Crippen molar-refractivity contribution >= 4 is 5.91 Å². The van der Waals surface area contributed by atoms with Gasteiger partial charge in [0, 0.05) is 7.11 Å². The Hall–Kier alpha value is -0.610. The number of carbonyl (C=O) groups is 1. The zero-order valence-electron chi connectivity index (χ0n) is 7.31. The van der Waals surface area contributed by atoms with Crippen LogP contribution in [-0.4, -0.2) is 31.7 Å². The SMILES string of the molecule is CCNC(C)(COC)C(N)=O. The van der Waals surface area contributed by atoms with Gasteiger partial charge in [0.05, 0.1) is 6.61 Å². The Morgan fingerprint density at radius 3 is 2.55 bits per heavy atom. The Bertz CT molecular complexity index is 130. The highest BCUT2D eigenvalue weighted by Crippen LogP contribution is 2.01. The van der Waals surface area contributed by atoms with Gasteiger partial charge in [0.1, 0.15) is 5.54 Å². The minimum atomic E-state index is -0.733. The average Bonchev–Trinajstić information content (AvgIpc) is 1.88. The molecule has 0 aromatic carbocycles.